The van der Waals surface area contributed by atoms with Gasteiger partial charge in [-0.3, -0.25) is 0 Å². The number of hydrogen-bond donors (Lipinski definition) is 0. The Hall–Kier alpha value is -0.0526. The van der Waals surface area contributed by atoms with Crippen molar-refractivity contribution in [1.29, 1.82) is 0 Å². The van der Waals surface area contributed by atoms with E-state index in [4.69, 9.17) is 0 Å². The van der Waals surface area contributed by atoms with Crippen molar-refractivity contribution in [3.05, 3.63) is 12.4 Å². The SMILES string of the molecule is CCCCN1C=CN(C)C1.F[P-](F)(F)(F)(F)F.[Li+]. The van der Waals surface area contributed by atoms with Gasteiger partial charge in [0.1, 0.15) is 0 Å². The van der Waals surface area contributed by atoms with Gasteiger partial charge in [-0.15, -0.1) is 0 Å². The van der Waals surface area contributed by atoms with Crippen LogP contribution in [-0.2, 0) is 0 Å². The van der Waals surface area contributed by atoms with E-state index in [0.717, 1.165) is 6.67 Å². The molecule has 0 amide bonds. The molecule has 0 spiro atoms. The van der Waals surface area contributed by atoms with Gasteiger partial charge in [-0.1, -0.05) is 13.3 Å². The molecule has 0 saturated heterocycles. The molecule has 1 rings (SSSR count). The van der Waals surface area contributed by atoms with Crippen LogP contribution in [0.2, 0.25) is 0 Å². The van der Waals surface area contributed by atoms with E-state index in [1.165, 1.54) is 19.4 Å². The summed E-state index contributed by atoms with van der Waals surface area (Å²) in [6.45, 7) is 4.50. The molecule has 18 heavy (non-hydrogen) atoms. The average Bonchev–Trinajstić information content (AvgIpc) is 2.42. The van der Waals surface area contributed by atoms with Crippen molar-refractivity contribution in [3.8, 4) is 0 Å². The summed E-state index contributed by atoms with van der Waals surface area (Å²) in [6, 6.07) is 0. The number of unbranched alkanes of at least 4 members (excludes halogenated alkanes) is 1. The number of rotatable bonds is 3. The van der Waals surface area contributed by atoms with Gasteiger partial charge in [-0.05, 0) is 6.42 Å². The predicted octanol–water partition coefficient (Wildman–Crippen LogP) is 1.85. The van der Waals surface area contributed by atoms with Crippen LogP contribution in [0.5, 0.6) is 0 Å². The number of halogens is 6. The maximum absolute atomic E-state index is 10.7. The van der Waals surface area contributed by atoms with Gasteiger partial charge < -0.3 is 9.80 Å². The summed E-state index contributed by atoms with van der Waals surface area (Å²) in [5, 5.41) is 0. The van der Waals surface area contributed by atoms with E-state index in [1.807, 2.05) is 0 Å². The van der Waals surface area contributed by atoms with Crippen molar-refractivity contribution in [2.45, 2.75) is 19.8 Å². The molecular formula is C8H16F6LiN2P. The van der Waals surface area contributed by atoms with E-state index in [9.17, 15) is 25.2 Å². The van der Waals surface area contributed by atoms with Gasteiger partial charge in [-0.25, -0.2) is 0 Å². The third-order valence-electron chi connectivity index (χ3n) is 1.74. The van der Waals surface area contributed by atoms with E-state index >= 15 is 0 Å². The van der Waals surface area contributed by atoms with Crippen LogP contribution in [0, 0.1) is 0 Å². The summed E-state index contributed by atoms with van der Waals surface area (Å²) in [6.07, 6.45) is 6.87. The van der Waals surface area contributed by atoms with Crippen LogP contribution in [0.1, 0.15) is 19.8 Å². The molecule has 0 aromatic carbocycles. The molecule has 1 aliphatic rings. The Morgan fingerprint density at radius 1 is 1.06 bits per heavy atom. The first-order valence-electron chi connectivity index (χ1n) is 4.97. The molecule has 0 aromatic heterocycles. The van der Waals surface area contributed by atoms with Crippen LogP contribution in [0.4, 0.5) is 25.2 Å². The Morgan fingerprint density at radius 2 is 1.50 bits per heavy atom. The Morgan fingerprint density at radius 3 is 1.78 bits per heavy atom. The van der Waals surface area contributed by atoms with E-state index < -0.39 is 7.81 Å². The van der Waals surface area contributed by atoms with E-state index in [1.54, 1.807) is 0 Å². The summed E-state index contributed by atoms with van der Waals surface area (Å²) in [7, 11) is -8.56. The van der Waals surface area contributed by atoms with E-state index in [-0.39, 0.29) is 18.9 Å². The number of hydrogen-bond acceptors (Lipinski definition) is 2. The minimum absolute atomic E-state index is 0. The van der Waals surface area contributed by atoms with Crippen LogP contribution < -0.4 is 18.9 Å². The molecule has 0 radical (unpaired) electrons. The zero-order valence-electron chi connectivity index (χ0n) is 10.6. The summed E-state index contributed by atoms with van der Waals surface area (Å²) >= 11 is 0. The third-order valence-corrected chi connectivity index (χ3v) is 1.74. The molecule has 0 atom stereocenters. The molecule has 1 heterocycles. The molecule has 10 heteroatoms. The molecule has 0 aliphatic carbocycles. The second kappa shape index (κ2) is 5.94. The van der Waals surface area contributed by atoms with Crippen molar-refractivity contribution in [2.24, 2.45) is 0 Å². The van der Waals surface area contributed by atoms with Crippen molar-refractivity contribution in [3.63, 3.8) is 0 Å². The summed E-state index contributed by atoms with van der Waals surface area (Å²) in [5.74, 6) is 0. The Kier molecular flexibility index (Phi) is 6.68. The van der Waals surface area contributed by atoms with Gasteiger partial charge in [-0.2, -0.15) is 0 Å². The first kappa shape index (κ1) is 20.3. The van der Waals surface area contributed by atoms with Gasteiger partial charge >= 0.3 is 51.9 Å². The minimum Gasteiger partial charge on any atom is 1.00 e. The third kappa shape index (κ3) is 21.3. The summed E-state index contributed by atoms with van der Waals surface area (Å²) in [4.78, 5) is 4.53. The first-order valence-corrected chi connectivity index (χ1v) is 7.00. The quantitative estimate of drug-likeness (QED) is 0.445. The second-order valence-corrected chi connectivity index (χ2v) is 5.74. The number of nitrogens with zero attached hydrogens (tertiary/aromatic N) is 2. The molecule has 0 unspecified atom stereocenters. The molecule has 2 nitrogen and oxygen atoms in total. The standard InChI is InChI=1S/C8H16N2.F6P.Li/c1-3-4-5-10-7-6-9(2)8-10;1-7(2,3,4,5)6;/h6-7H,3-5,8H2,1-2H3;;/q;-1;+1. The van der Waals surface area contributed by atoms with Crippen LogP contribution in [-0.4, -0.2) is 30.1 Å². The van der Waals surface area contributed by atoms with Gasteiger partial charge in [0.2, 0.25) is 0 Å². The molecule has 0 saturated carbocycles. The maximum atomic E-state index is 9.87. The second-order valence-electron chi connectivity index (χ2n) is 3.82. The topological polar surface area (TPSA) is 6.48 Å². The van der Waals surface area contributed by atoms with Crippen LogP contribution in [0.25, 0.3) is 0 Å². The van der Waals surface area contributed by atoms with Gasteiger partial charge in [0, 0.05) is 26.0 Å². The van der Waals surface area contributed by atoms with Crippen LogP contribution >= 0.6 is 7.81 Å². The van der Waals surface area contributed by atoms with Gasteiger partial charge in [0.05, 0.1) is 6.67 Å². The summed E-state index contributed by atoms with van der Waals surface area (Å²) in [5.41, 5.74) is 0. The van der Waals surface area contributed by atoms with Crippen molar-refractivity contribution in [1.82, 2.24) is 9.80 Å². The van der Waals surface area contributed by atoms with Crippen LogP contribution in [0.15, 0.2) is 12.4 Å². The zero-order chi connectivity index (χ0) is 13.8. The largest absolute Gasteiger partial charge is 1.00 e. The Balaban J connectivity index is 0. The van der Waals surface area contributed by atoms with Crippen molar-refractivity contribution >= 4 is 7.81 Å². The Bertz CT molecular complexity index is 265. The smallest absolute Gasteiger partial charge is 1.00 e. The molecule has 106 valence electrons. The fourth-order valence-electron chi connectivity index (χ4n) is 1.10. The zero-order valence-corrected chi connectivity index (χ0v) is 11.5. The molecule has 1 aliphatic heterocycles. The molecule has 0 fully saturated rings. The van der Waals surface area contributed by atoms with E-state index in [2.05, 4.69) is 36.2 Å². The monoisotopic (exact) mass is 292 g/mol. The molecular weight excluding hydrogens is 276 g/mol. The average molecular weight is 292 g/mol. The van der Waals surface area contributed by atoms with Gasteiger partial charge in [0.25, 0.3) is 0 Å². The molecule has 0 bridgehead atoms. The van der Waals surface area contributed by atoms with Crippen molar-refractivity contribution < 1.29 is 44.0 Å². The predicted molar refractivity (Wildman–Crippen MR) is 57.0 cm³/mol. The van der Waals surface area contributed by atoms with Crippen LogP contribution in [0.3, 0.4) is 0 Å². The van der Waals surface area contributed by atoms with Crippen molar-refractivity contribution in [2.75, 3.05) is 20.3 Å². The fourth-order valence-corrected chi connectivity index (χ4v) is 1.10. The summed E-state index contributed by atoms with van der Waals surface area (Å²) < 4.78 is 59.2. The van der Waals surface area contributed by atoms with E-state index in [0.29, 0.717) is 0 Å². The molecule has 0 aromatic rings. The first-order chi connectivity index (χ1) is 7.28. The Labute approximate surface area is 114 Å². The minimum atomic E-state index is -10.7. The maximum Gasteiger partial charge on any atom is 1.00 e. The molecule has 0 N–H and O–H groups in total. The normalized spacial score (nSPS) is 18.4. The fraction of sp³-hybridized carbons (Fsp3) is 0.750. The van der Waals surface area contributed by atoms with Gasteiger partial charge in [0.15, 0.2) is 0 Å².